The van der Waals surface area contributed by atoms with Gasteiger partial charge in [0.15, 0.2) is 17.3 Å². The molecule has 5 nitrogen and oxygen atoms in total. The van der Waals surface area contributed by atoms with Gasteiger partial charge in [0.25, 0.3) is 5.91 Å². The topological polar surface area (TPSA) is 61.0 Å². The fraction of sp³-hybridized carbons (Fsp3) is 0.200. The number of halogens is 2. The van der Waals surface area contributed by atoms with E-state index < -0.39 is 11.6 Å². The third-order valence-corrected chi connectivity index (χ3v) is 5.86. The highest BCUT2D eigenvalue weighted by Gasteiger charge is 2.17. The summed E-state index contributed by atoms with van der Waals surface area (Å²) in [6, 6.07) is 16.8. The fourth-order valence-electron chi connectivity index (χ4n) is 4.16. The first-order valence-electron chi connectivity index (χ1n) is 10.6. The van der Waals surface area contributed by atoms with Crippen molar-refractivity contribution in [1.29, 1.82) is 0 Å². The van der Waals surface area contributed by atoms with Crippen molar-refractivity contribution in [3.05, 3.63) is 83.6 Å². The third kappa shape index (κ3) is 3.99. The summed E-state index contributed by atoms with van der Waals surface area (Å²) in [6.45, 7) is 3.18. The molecular weight excluding hydrogens is 410 g/mol. The first-order chi connectivity index (χ1) is 15.6. The molecule has 1 aromatic heterocycles. The van der Waals surface area contributed by atoms with Crippen LogP contribution in [0, 0.1) is 11.6 Å². The lowest BCUT2D eigenvalue weighted by molar-refractivity contribution is 0.102. The van der Waals surface area contributed by atoms with E-state index in [0.717, 1.165) is 25.7 Å². The number of carbonyl (C=O) groups excluding carboxylic acids is 1. The number of carbonyl (C=O) groups is 1. The van der Waals surface area contributed by atoms with Gasteiger partial charge in [0.05, 0.1) is 5.52 Å². The molecule has 0 radical (unpaired) electrons. The minimum atomic E-state index is -0.921. The van der Waals surface area contributed by atoms with Crippen molar-refractivity contribution < 1.29 is 13.6 Å². The van der Waals surface area contributed by atoms with E-state index in [9.17, 15) is 13.6 Å². The summed E-state index contributed by atoms with van der Waals surface area (Å²) >= 11 is 0. The number of hydrogen-bond donors (Lipinski definition) is 2. The standard InChI is InChI=1S/C25H22F2N4O/c26-21-5-3-4-19(23(21)27)17-8-11-22-20(14-17)24(30-29-22)25(32)28-18-9-6-16(7-10-18)15-31-12-1-2-13-31/h3-11,14H,1-2,12-13,15H2,(H,28,32)(H,29,30). The van der Waals surface area contributed by atoms with Gasteiger partial charge in [-0.05, 0) is 67.4 Å². The first-order valence-corrected chi connectivity index (χ1v) is 10.6. The zero-order valence-electron chi connectivity index (χ0n) is 17.4. The molecule has 2 heterocycles. The predicted molar refractivity (Wildman–Crippen MR) is 120 cm³/mol. The highest BCUT2D eigenvalue weighted by molar-refractivity contribution is 6.11. The maximum absolute atomic E-state index is 14.2. The molecule has 32 heavy (non-hydrogen) atoms. The Morgan fingerprint density at radius 1 is 1.03 bits per heavy atom. The molecular formula is C25H22F2N4O. The maximum atomic E-state index is 14.2. The lowest BCUT2D eigenvalue weighted by Gasteiger charge is -2.14. The van der Waals surface area contributed by atoms with E-state index in [0.29, 0.717) is 22.2 Å². The number of benzene rings is 3. The Morgan fingerprint density at radius 3 is 2.59 bits per heavy atom. The van der Waals surface area contributed by atoms with Crippen molar-refractivity contribution in [2.24, 2.45) is 0 Å². The molecule has 2 N–H and O–H groups in total. The number of H-pyrrole nitrogens is 1. The highest BCUT2D eigenvalue weighted by atomic mass is 19.2. The molecule has 162 valence electrons. The van der Waals surface area contributed by atoms with Crippen LogP contribution in [-0.4, -0.2) is 34.1 Å². The minimum Gasteiger partial charge on any atom is -0.321 e. The van der Waals surface area contributed by atoms with E-state index >= 15 is 0 Å². The summed E-state index contributed by atoms with van der Waals surface area (Å²) in [5, 5.41) is 10.4. The van der Waals surface area contributed by atoms with Crippen LogP contribution in [0.5, 0.6) is 0 Å². The van der Waals surface area contributed by atoms with E-state index in [1.165, 1.54) is 30.5 Å². The van der Waals surface area contributed by atoms with E-state index in [1.807, 2.05) is 24.3 Å². The number of amides is 1. The summed E-state index contributed by atoms with van der Waals surface area (Å²) in [6.07, 6.45) is 2.50. The molecule has 0 atom stereocenters. The van der Waals surface area contributed by atoms with Crippen LogP contribution in [0.2, 0.25) is 0 Å². The molecule has 1 saturated heterocycles. The molecule has 0 spiro atoms. The number of nitrogens with zero attached hydrogens (tertiary/aromatic N) is 2. The van der Waals surface area contributed by atoms with Gasteiger partial charge in [-0.1, -0.05) is 30.3 Å². The molecule has 1 aliphatic heterocycles. The quantitative estimate of drug-likeness (QED) is 0.447. The molecule has 0 unspecified atom stereocenters. The van der Waals surface area contributed by atoms with Gasteiger partial charge in [0, 0.05) is 23.2 Å². The van der Waals surface area contributed by atoms with Gasteiger partial charge in [0.2, 0.25) is 0 Å². The Kier molecular flexibility index (Phi) is 5.41. The number of fused-ring (bicyclic) bond motifs is 1. The maximum Gasteiger partial charge on any atom is 0.276 e. The molecule has 0 saturated carbocycles. The van der Waals surface area contributed by atoms with Crippen LogP contribution in [0.15, 0.2) is 60.7 Å². The largest absolute Gasteiger partial charge is 0.321 e. The van der Waals surface area contributed by atoms with E-state index in [1.54, 1.807) is 18.2 Å². The molecule has 7 heteroatoms. The van der Waals surface area contributed by atoms with E-state index in [-0.39, 0.29) is 17.2 Å². The van der Waals surface area contributed by atoms with E-state index in [2.05, 4.69) is 20.4 Å². The second kappa shape index (κ2) is 8.51. The van der Waals surface area contributed by atoms with Crippen LogP contribution in [0.3, 0.4) is 0 Å². The molecule has 4 aromatic rings. The van der Waals surface area contributed by atoms with Crippen LogP contribution in [-0.2, 0) is 6.54 Å². The first kappa shape index (κ1) is 20.3. The minimum absolute atomic E-state index is 0.132. The van der Waals surface area contributed by atoms with Gasteiger partial charge in [-0.25, -0.2) is 8.78 Å². The van der Waals surface area contributed by atoms with E-state index in [4.69, 9.17) is 0 Å². The van der Waals surface area contributed by atoms with Crippen LogP contribution in [0.4, 0.5) is 14.5 Å². The lowest BCUT2D eigenvalue weighted by atomic mass is 10.0. The number of aromatic nitrogens is 2. The number of aromatic amines is 1. The molecule has 0 bridgehead atoms. The Bertz CT molecular complexity index is 1280. The van der Waals surface area contributed by atoms with Crippen LogP contribution < -0.4 is 5.32 Å². The van der Waals surface area contributed by atoms with Crippen molar-refractivity contribution >= 4 is 22.5 Å². The monoisotopic (exact) mass is 432 g/mol. The van der Waals surface area contributed by atoms with Crippen molar-refractivity contribution in [2.45, 2.75) is 19.4 Å². The smallest absolute Gasteiger partial charge is 0.276 e. The molecule has 1 aliphatic rings. The number of rotatable bonds is 5. The molecule has 3 aromatic carbocycles. The predicted octanol–water partition coefficient (Wildman–Crippen LogP) is 5.36. The summed E-state index contributed by atoms with van der Waals surface area (Å²) in [5.74, 6) is -2.21. The normalized spacial score (nSPS) is 14.2. The second-order valence-electron chi connectivity index (χ2n) is 8.07. The summed E-state index contributed by atoms with van der Waals surface area (Å²) in [7, 11) is 0. The molecule has 0 aliphatic carbocycles. The third-order valence-electron chi connectivity index (χ3n) is 5.86. The summed E-state index contributed by atoms with van der Waals surface area (Å²) in [5.41, 5.74) is 3.31. The molecule has 1 amide bonds. The van der Waals surface area contributed by atoms with Crippen molar-refractivity contribution in [1.82, 2.24) is 15.1 Å². The Balaban J connectivity index is 1.37. The van der Waals surface area contributed by atoms with Crippen molar-refractivity contribution in [3.8, 4) is 11.1 Å². The van der Waals surface area contributed by atoms with Gasteiger partial charge in [0.1, 0.15) is 0 Å². The zero-order valence-corrected chi connectivity index (χ0v) is 17.4. The van der Waals surface area contributed by atoms with Crippen molar-refractivity contribution in [2.75, 3.05) is 18.4 Å². The number of likely N-dealkylation sites (tertiary alicyclic amines) is 1. The summed E-state index contributed by atoms with van der Waals surface area (Å²) in [4.78, 5) is 15.3. The van der Waals surface area contributed by atoms with Crippen LogP contribution in [0.1, 0.15) is 28.9 Å². The lowest BCUT2D eigenvalue weighted by Crippen LogP contribution is -2.18. The SMILES string of the molecule is O=C(Nc1ccc(CN2CCCC2)cc1)c1n[nH]c2ccc(-c3cccc(F)c3F)cc12. The van der Waals surface area contributed by atoms with Crippen LogP contribution >= 0.6 is 0 Å². The summed E-state index contributed by atoms with van der Waals surface area (Å²) < 4.78 is 27.9. The fourth-order valence-corrected chi connectivity index (χ4v) is 4.16. The van der Waals surface area contributed by atoms with Gasteiger partial charge < -0.3 is 5.32 Å². The van der Waals surface area contributed by atoms with Crippen molar-refractivity contribution in [3.63, 3.8) is 0 Å². The number of anilines is 1. The highest BCUT2D eigenvalue weighted by Crippen LogP contribution is 2.28. The average molecular weight is 432 g/mol. The Hall–Kier alpha value is -3.58. The zero-order chi connectivity index (χ0) is 22.1. The van der Waals surface area contributed by atoms with Gasteiger partial charge in [-0.15, -0.1) is 0 Å². The second-order valence-corrected chi connectivity index (χ2v) is 8.07. The molecule has 5 rings (SSSR count). The average Bonchev–Trinajstić information content (AvgIpc) is 3.46. The Labute approximate surface area is 184 Å². The molecule has 1 fully saturated rings. The Morgan fingerprint density at radius 2 is 1.81 bits per heavy atom. The van der Waals surface area contributed by atoms with Gasteiger partial charge in [-0.3, -0.25) is 14.8 Å². The number of hydrogen-bond acceptors (Lipinski definition) is 3. The van der Waals surface area contributed by atoms with Gasteiger partial charge >= 0.3 is 0 Å². The number of nitrogens with one attached hydrogen (secondary N) is 2. The van der Waals surface area contributed by atoms with Crippen LogP contribution in [0.25, 0.3) is 22.0 Å². The van der Waals surface area contributed by atoms with Gasteiger partial charge in [-0.2, -0.15) is 5.10 Å².